The van der Waals surface area contributed by atoms with Crippen LogP contribution < -0.4 is 0 Å². The fourth-order valence-electron chi connectivity index (χ4n) is 3.84. The lowest BCUT2D eigenvalue weighted by Crippen LogP contribution is -2.08. The molecule has 0 aliphatic carbocycles. The Hall–Kier alpha value is -1.70. The molecule has 7 heteroatoms. The molecule has 0 saturated heterocycles. The highest BCUT2D eigenvalue weighted by molar-refractivity contribution is 7.85. The molecule has 0 spiro atoms. The average molecular weight is 497 g/mol. The van der Waals surface area contributed by atoms with E-state index in [0.29, 0.717) is 13.2 Å². The zero-order chi connectivity index (χ0) is 24.9. The highest BCUT2D eigenvalue weighted by Gasteiger charge is 2.08. The van der Waals surface area contributed by atoms with Crippen molar-refractivity contribution in [1.82, 2.24) is 0 Å². The first-order valence-corrected chi connectivity index (χ1v) is 14.3. The van der Waals surface area contributed by atoms with E-state index in [1.165, 1.54) is 89.2 Å². The maximum atomic E-state index is 11.0. The number of rotatable bonds is 22. The van der Waals surface area contributed by atoms with E-state index in [4.69, 9.17) is 14.0 Å². The lowest BCUT2D eigenvalue weighted by atomic mass is 10.0. The van der Waals surface area contributed by atoms with E-state index in [-0.39, 0.29) is 4.90 Å². The second-order valence-electron chi connectivity index (χ2n) is 8.80. The van der Waals surface area contributed by atoms with Crippen molar-refractivity contribution in [2.45, 2.75) is 101 Å². The Kier molecular flexibility index (Phi) is 17.5. The van der Waals surface area contributed by atoms with Crippen molar-refractivity contribution in [1.29, 1.82) is 0 Å². The van der Waals surface area contributed by atoms with E-state index in [1.807, 2.05) is 0 Å². The van der Waals surface area contributed by atoms with Crippen molar-refractivity contribution in [3.8, 4) is 0 Å². The van der Waals surface area contributed by atoms with Crippen LogP contribution in [0, 0.1) is 0 Å². The number of hydrogen-bond acceptors (Lipinski definition) is 5. The molecule has 0 aliphatic rings. The van der Waals surface area contributed by atoms with Crippen LogP contribution in [0.5, 0.6) is 0 Å². The number of esters is 1. The van der Waals surface area contributed by atoms with Gasteiger partial charge in [-0.25, -0.2) is 4.79 Å². The van der Waals surface area contributed by atoms with Crippen molar-refractivity contribution in [3.05, 3.63) is 42.5 Å². The fraction of sp³-hybridized carbons (Fsp3) is 0.667. The van der Waals surface area contributed by atoms with Crippen molar-refractivity contribution in [3.63, 3.8) is 0 Å². The van der Waals surface area contributed by atoms with Crippen LogP contribution in [-0.2, 0) is 30.8 Å². The summed E-state index contributed by atoms with van der Waals surface area (Å²) in [6.07, 6.45) is 19.8. The van der Waals surface area contributed by atoms with Gasteiger partial charge in [-0.15, -0.1) is 0 Å². The molecule has 0 heterocycles. The van der Waals surface area contributed by atoms with Gasteiger partial charge in [0.1, 0.15) is 6.61 Å². The van der Waals surface area contributed by atoms with Crippen LogP contribution in [0.25, 0.3) is 0 Å². The Morgan fingerprint density at radius 1 is 0.735 bits per heavy atom. The van der Waals surface area contributed by atoms with Gasteiger partial charge in [0.15, 0.2) is 0 Å². The van der Waals surface area contributed by atoms with E-state index >= 15 is 0 Å². The molecule has 0 radical (unpaired) electrons. The summed E-state index contributed by atoms with van der Waals surface area (Å²) in [6, 6.07) is 6.51. The topological polar surface area (TPSA) is 89.9 Å². The molecule has 194 valence electrons. The molecule has 0 aliphatic heterocycles. The summed E-state index contributed by atoms with van der Waals surface area (Å²) in [5.74, 6) is -0.400. The predicted molar refractivity (Wildman–Crippen MR) is 137 cm³/mol. The number of benzene rings is 1. The molecule has 0 atom stereocenters. The monoisotopic (exact) mass is 496 g/mol. The summed E-state index contributed by atoms with van der Waals surface area (Å²) in [7, 11) is -4.09. The van der Waals surface area contributed by atoms with Gasteiger partial charge in [-0.1, -0.05) is 95.8 Å². The Morgan fingerprint density at radius 2 is 1.21 bits per heavy atom. The van der Waals surface area contributed by atoms with Crippen LogP contribution in [0.3, 0.4) is 0 Å². The third-order valence-electron chi connectivity index (χ3n) is 5.86. The van der Waals surface area contributed by atoms with Crippen molar-refractivity contribution < 1.29 is 27.2 Å². The number of aryl methyl sites for hydroxylation is 1. The van der Waals surface area contributed by atoms with Crippen molar-refractivity contribution in [2.24, 2.45) is 0 Å². The Morgan fingerprint density at radius 3 is 1.68 bits per heavy atom. The zero-order valence-corrected chi connectivity index (χ0v) is 21.5. The van der Waals surface area contributed by atoms with Crippen LogP contribution >= 0.6 is 0 Å². The molecule has 34 heavy (non-hydrogen) atoms. The summed E-state index contributed by atoms with van der Waals surface area (Å²) >= 11 is 0. The Balaban J connectivity index is 1.78. The highest BCUT2D eigenvalue weighted by atomic mass is 32.2. The molecule has 0 amide bonds. The molecule has 0 saturated carbocycles. The van der Waals surface area contributed by atoms with E-state index in [0.717, 1.165) is 37.5 Å². The average Bonchev–Trinajstić information content (AvgIpc) is 2.82. The maximum absolute atomic E-state index is 11.0. The smallest absolute Gasteiger partial charge is 0.330 e. The first kappa shape index (κ1) is 30.3. The van der Waals surface area contributed by atoms with Gasteiger partial charge in [0, 0.05) is 12.7 Å². The SMILES string of the molecule is C=CC(=O)OCCOCCCCCCCCCCCCCCCCc1ccc(S(=O)(=O)O)cc1. The minimum absolute atomic E-state index is 0.0414. The molecule has 1 rings (SSSR count). The van der Waals surface area contributed by atoms with E-state index in [1.54, 1.807) is 12.1 Å². The molecule has 1 N–H and O–H groups in total. The van der Waals surface area contributed by atoms with E-state index in [2.05, 4.69) is 6.58 Å². The second kappa shape index (κ2) is 19.6. The van der Waals surface area contributed by atoms with Gasteiger partial charge in [-0.3, -0.25) is 4.55 Å². The van der Waals surface area contributed by atoms with Gasteiger partial charge in [-0.05, 0) is 37.0 Å². The highest BCUT2D eigenvalue weighted by Crippen LogP contribution is 2.15. The molecular formula is C27H44O6S. The van der Waals surface area contributed by atoms with Crippen LogP contribution in [0.1, 0.15) is 95.5 Å². The van der Waals surface area contributed by atoms with E-state index < -0.39 is 16.1 Å². The van der Waals surface area contributed by atoms with Crippen LogP contribution in [0.2, 0.25) is 0 Å². The van der Waals surface area contributed by atoms with Gasteiger partial charge >= 0.3 is 5.97 Å². The normalized spacial score (nSPS) is 11.4. The molecule has 1 aromatic rings. The summed E-state index contributed by atoms with van der Waals surface area (Å²) < 4.78 is 41.4. The molecule has 0 fully saturated rings. The third-order valence-corrected chi connectivity index (χ3v) is 6.73. The van der Waals surface area contributed by atoms with Crippen LogP contribution in [-0.4, -0.2) is 38.8 Å². The van der Waals surface area contributed by atoms with Gasteiger partial charge in [-0.2, -0.15) is 8.42 Å². The summed E-state index contributed by atoms with van der Waals surface area (Å²) in [6.45, 7) is 4.83. The minimum atomic E-state index is -4.09. The fourth-order valence-corrected chi connectivity index (χ4v) is 4.32. The molecular weight excluding hydrogens is 452 g/mol. The number of unbranched alkanes of at least 4 members (excludes halogenated alkanes) is 13. The molecule has 0 unspecified atom stereocenters. The Bertz CT molecular complexity index is 758. The first-order chi connectivity index (χ1) is 16.4. The van der Waals surface area contributed by atoms with Gasteiger partial charge < -0.3 is 9.47 Å². The summed E-state index contributed by atoms with van der Waals surface area (Å²) in [5.41, 5.74) is 1.12. The predicted octanol–water partition coefficient (Wildman–Crippen LogP) is 6.68. The largest absolute Gasteiger partial charge is 0.460 e. The summed E-state index contributed by atoms with van der Waals surface area (Å²) in [4.78, 5) is 10.8. The molecule has 6 nitrogen and oxygen atoms in total. The van der Waals surface area contributed by atoms with Gasteiger partial charge in [0.25, 0.3) is 10.1 Å². The van der Waals surface area contributed by atoms with Gasteiger partial charge in [0.05, 0.1) is 11.5 Å². The number of carbonyl (C=O) groups excluding carboxylic acids is 1. The number of hydrogen-bond donors (Lipinski definition) is 1. The van der Waals surface area contributed by atoms with Crippen LogP contribution in [0.4, 0.5) is 0 Å². The molecule has 0 aromatic heterocycles. The lowest BCUT2D eigenvalue weighted by molar-refractivity contribution is -0.139. The number of ether oxygens (including phenoxy) is 2. The van der Waals surface area contributed by atoms with Crippen molar-refractivity contribution in [2.75, 3.05) is 19.8 Å². The quantitative estimate of drug-likeness (QED) is 0.0833. The zero-order valence-electron chi connectivity index (χ0n) is 20.7. The maximum Gasteiger partial charge on any atom is 0.330 e. The van der Waals surface area contributed by atoms with Gasteiger partial charge in [0.2, 0.25) is 0 Å². The standard InChI is InChI=1S/C27H44O6S/c1-2-27(28)33-24-23-32-22-16-14-12-10-8-6-4-3-5-7-9-11-13-15-17-25-18-20-26(21-19-25)34(29,30)31/h2,18-21H,1,3-17,22-24H2,(H,29,30,31). The molecule has 0 bridgehead atoms. The lowest BCUT2D eigenvalue weighted by Gasteiger charge is -2.05. The van der Waals surface area contributed by atoms with Crippen LogP contribution in [0.15, 0.2) is 41.8 Å². The summed E-state index contributed by atoms with van der Waals surface area (Å²) in [5, 5.41) is 0. The Labute approximate surface area is 206 Å². The first-order valence-electron chi connectivity index (χ1n) is 12.9. The molecule has 1 aromatic carbocycles. The van der Waals surface area contributed by atoms with Crippen molar-refractivity contribution >= 4 is 16.1 Å². The second-order valence-corrected chi connectivity index (χ2v) is 10.2. The van der Waals surface area contributed by atoms with E-state index in [9.17, 15) is 13.2 Å². The number of carbonyl (C=O) groups is 1. The minimum Gasteiger partial charge on any atom is -0.460 e. The third kappa shape index (κ3) is 16.8.